The molecule has 0 aliphatic heterocycles. The summed E-state index contributed by atoms with van der Waals surface area (Å²) in [5, 5.41) is 35.7. The predicted octanol–water partition coefficient (Wildman–Crippen LogP) is 2.66. The molecule has 0 aliphatic rings. The standard InChI is InChI=1S/2C14H10F3N3O.Cu.2H2O/c2*15-14(16,17)12(10-4-2-1-3-5-10)19-20-13(21)11-6-8-18-9-7-11;;;/h2*1-9H,(H,20,21);;2*1H2/q;;+2;;/p-2/b2*19-12+;;;. The van der Waals surface area contributed by atoms with Crippen LogP contribution in [0.5, 0.6) is 0 Å². The second-order valence-corrected chi connectivity index (χ2v) is 7.91. The van der Waals surface area contributed by atoms with Gasteiger partial charge in [0, 0.05) is 47.7 Å². The fourth-order valence-electron chi connectivity index (χ4n) is 3.04. The topological polar surface area (TPSA) is 184 Å². The van der Waals surface area contributed by atoms with Crippen molar-refractivity contribution in [1.29, 1.82) is 0 Å². The molecule has 0 atom stereocenters. The molecular weight excluding hydrogens is 662 g/mol. The van der Waals surface area contributed by atoms with Crippen molar-refractivity contribution in [3.8, 4) is 0 Å². The number of pyridine rings is 2. The van der Waals surface area contributed by atoms with E-state index in [0.717, 1.165) is 0 Å². The Morgan fingerprint density at radius 3 is 1.02 bits per heavy atom. The number of nitrogens with zero attached hydrogens (tertiary/aromatic N) is 6. The molecule has 4 N–H and O–H groups in total. The SMILES string of the molecule is O.O.[Cu+2].[O-]/C(=N\N=C(/c1ccccc1)C(F)(F)F)c1ccncc1.[O-]/C(=N\N=C(/c1ccccc1)C(F)(F)F)c1ccncc1. The first-order valence-electron chi connectivity index (χ1n) is 11.7. The third-order valence-corrected chi connectivity index (χ3v) is 4.97. The molecule has 4 aromatic rings. The minimum Gasteiger partial charge on any atom is -0.857 e. The Balaban J connectivity index is 0.000000807. The van der Waals surface area contributed by atoms with E-state index in [4.69, 9.17) is 0 Å². The Labute approximate surface area is 262 Å². The largest absolute Gasteiger partial charge is 2.00 e. The van der Waals surface area contributed by atoms with Crippen molar-refractivity contribution in [2.24, 2.45) is 20.4 Å². The third-order valence-electron chi connectivity index (χ3n) is 4.97. The van der Waals surface area contributed by atoms with Gasteiger partial charge in [-0.1, -0.05) is 60.7 Å². The van der Waals surface area contributed by atoms with Gasteiger partial charge in [-0.25, -0.2) is 0 Å². The van der Waals surface area contributed by atoms with Crippen LogP contribution < -0.4 is 10.2 Å². The summed E-state index contributed by atoms with van der Waals surface area (Å²) in [5.41, 5.74) is -2.52. The quantitative estimate of drug-likeness (QED) is 0.0995. The van der Waals surface area contributed by atoms with Gasteiger partial charge in [0.25, 0.3) is 0 Å². The molecule has 0 aliphatic carbocycles. The molecule has 2 heterocycles. The maximum absolute atomic E-state index is 12.9. The molecule has 0 saturated carbocycles. The third kappa shape index (κ3) is 12.7. The number of rotatable bonds is 6. The molecule has 2 aromatic heterocycles. The summed E-state index contributed by atoms with van der Waals surface area (Å²) in [6.45, 7) is 0. The zero-order chi connectivity index (χ0) is 30.6. The van der Waals surface area contributed by atoms with Crippen LogP contribution in [0.4, 0.5) is 26.3 Å². The second-order valence-electron chi connectivity index (χ2n) is 7.91. The maximum Gasteiger partial charge on any atom is 2.00 e. The fraction of sp³-hybridized carbons (Fsp3) is 0.0714. The van der Waals surface area contributed by atoms with E-state index >= 15 is 0 Å². The number of hydrogen-bond acceptors (Lipinski definition) is 8. The van der Waals surface area contributed by atoms with Crippen molar-refractivity contribution < 1.29 is 64.6 Å². The molecule has 1 radical (unpaired) electrons. The van der Waals surface area contributed by atoms with Gasteiger partial charge in [0.1, 0.15) is 0 Å². The summed E-state index contributed by atoms with van der Waals surface area (Å²) >= 11 is 0. The van der Waals surface area contributed by atoms with Gasteiger partial charge in [0.2, 0.25) is 0 Å². The predicted molar refractivity (Wildman–Crippen MR) is 147 cm³/mol. The van der Waals surface area contributed by atoms with Gasteiger partial charge >= 0.3 is 29.4 Å². The van der Waals surface area contributed by atoms with Crippen molar-refractivity contribution in [1.82, 2.24) is 9.97 Å². The van der Waals surface area contributed by atoms with Gasteiger partial charge in [-0.05, 0) is 35.4 Å². The van der Waals surface area contributed by atoms with Crippen molar-refractivity contribution in [3.05, 3.63) is 132 Å². The van der Waals surface area contributed by atoms with Crippen molar-refractivity contribution in [2.75, 3.05) is 0 Å². The monoisotopic (exact) mass is 683 g/mol. The van der Waals surface area contributed by atoms with Gasteiger partial charge in [-0.15, -0.1) is 10.2 Å². The zero-order valence-corrected chi connectivity index (χ0v) is 23.4. The van der Waals surface area contributed by atoms with Gasteiger partial charge in [0.05, 0.1) is 0 Å². The summed E-state index contributed by atoms with van der Waals surface area (Å²) in [6, 6.07) is 19.3. The normalized spacial score (nSPS) is 12.4. The molecule has 17 heteroatoms. The summed E-state index contributed by atoms with van der Waals surface area (Å²) in [5.74, 6) is -1.73. The van der Waals surface area contributed by atoms with Crippen LogP contribution in [0.3, 0.4) is 0 Å². The molecule has 0 saturated heterocycles. The van der Waals surface area contributed by atoms with Gasteiger partial charge in [-0.3, -0.25) is 9.97 Å². The van der Waals surface area contributed by atoms with Crippen LogP contribution in [0.25, 0.3) is 0 Å². The van der Waals surface area contributed by atoms with E-state index < -0.39 is 35.6 Å². The van der Waals surface area contributed by atoms with Crippen LogP contribution >= 0.6 is 0 Å². The Kier molecular flexibility index (Phi) is 16.6. The van der Waals surface area contributed by atoms with E-state index in [1.54, 1.807) is 12.1 Å². The molecule has 0 unspecified atom stereocenters. The maximum atomic E-state index is 12.9. The van der Waals surface area contributed by atoms with Crippen molar-refractivity contribution in [2.45, 2.75) is 12.4 Å². The molecule has 0 spiro atoms. The van der Waals surface area contributed by atoms with Crippen LogP contribution in [-0.4, -0.2) is 56.5 Å². The van der Waals surface area contributed by atoms with Crippen LogP contribution in [0.2, 0.25) is 0 Å². The number of halogens is 6. The van der Waals surface area contributed by atoms with E-state index in [1.165, 1.54) is 97.6 Å². The molecule has 4 rings (SSSR count). The van der Waals surface area contributed by atoms with Crippen LogP contribution in [0, 0.1) is 0 Å². The van der Waals surface area contributed by atoms with Crippen LogP contribution in [-0.2, 0) is 17.1 Å². The fourth-order valence-corrected chi connectivity index (χ4v) is 3.04. The van der Waals surface area contributed by atoms with Gasteiger partial charge in [-0.2, -0.15) is 36.5 Å². The molecule has 0 amide bonds. The Morgan fingerprint density at radius 2 is 0.756 bits per heavy atom. The number of benzene rings is 2. The average molecular weight is 684 g/mol. The molecule has 2 aromatic carbocycles. The van der Waals surface area contributed by atoms with Crippen molar-refractivity contribution >= 4 is 23.2 Å². The summed E-state index contributed by atoms with van der Waals surface area (Å²) in [7, 11) is 0. The second kappa shape index (κ2) is 18.6. The Morgan fingerprint density at radius 1 is 0.467 bits per heavy atom. The van der Waals surface area contributed by atoms with E-state index in [0.29, 0.717) is 0 Å². The summed E-state index contributed by atoms with van der Waals surface area (Å²) in [4.78, 5) is 7.40. The summed E-state index contributed by atoms with van der Waals surface area (Å²) in [6.07, 6.45) is -4.04. The molecule has 241 valence electrons. The van der Waals surface area contributed by atoms with Crippen LogP contribution in [0.15, 0.2) is 130 Å². The first-order valence-corrected chi connectivity index (χ1v) is 11.7. The molecule has 0 fully saturated rings. The number of aromatic nitrogens is 2. The van der Waals surface area contributed by atoms with Gasteiger partial charge in [0.15, 0.2) is 11.4 Å². The molecule has 0 bridgehead atoms. The minimum atomic E-state index is -4.70. The van der Waals surface area contributed by atoms with E-state index in [-0.39, 0.29) is 50.3 Å². The Bertz CT molecular complexity index is 1440. The molecule has 45 heavy (non-hydrogen) atoms. The van der Waals surface area contributed by atoms with E-state index in [2.05, 4.69) is 30.4 Å². The molecule has 10 nitrogen and oxygen atoms in total. The molecular formula is C28H22CuF6N6O4. The Hall–Kier alpha value is -4.96. The van der Waals surface area contributed by atoms with Crippen LogP contribution in [0.1, 0.15) is 22.3 Å². The van der Waals surface area contributed by atoms with E-state index in [1.807, 2.05) is 0 Å². The van der Waals surface area contributed by atoms with Gasteiger partial charge < -0.3 is 21.2 Å². The zero-order valence-electron chi connectivity index (χ0n) is 22.5. The first kappa shape index (κ1) is 40.0. The summed E-state index contributed by atoms with van der Waals surface area (Å²) < 4.78 is 77.7. The van der Waals surface area contributed by atoms with E-state index in [9.17, 15) is 36.6 Å². The minimum absolute atomic E-state index is 0. The average Bonchev–Trinajstić information content (AvgIpc) is 2.98. The smallest absolute Gasteiger partial charge is 0.857 e. The number of alkyl halides is 6. The van der Waals surface area contributed by atoms with Crippen molar-refractivity contribution in [3.63, 3.8) is 0 Å². The number of hydrogen-bond donors (Lipinski definition) is 0. The first-order chi connectivity index (χ1) is 20.0.